The van der Waals surface area contributed by atoms with Crippen molar-refractivity contribution in [3.8, 4) is 11.3 Å². The zero-order valence-electron chi connectivity index (χ0n) is 13.3. The number of furan rings is 1. The third kappa shape index (κ3) is 2.58. The minimum Gasteiger partial charge on any atom is -0.457 e. The Labute approximate surface area is 147 Å². The van der Waals surface area contributed by atoms with Crippen molar-refractivity contribution in [2.24, 2.45) is 0 Å². The summed E-state index contributed by atoms with van der Waals surface area (Å²) in [6.07, 6.45) is -0.871. The van der Waals surface area contributed by atoms with Crippen LogP contribution in [0.2, 0.25) is 0 Å². The van der Waals surface area contributed by atoms with E-state index < -0.39 is 17.0 Å². The fourth-order valence-electron chi connectivity index (χ4n) is 2.84. The number of nitro groups is 1. The predicted molar refractivity (Wildman–Crippen MR) is 91.6 cm³/mol. The van der Waals surface area contributed by atoms with Crippen LogP contribution in [-0.2, 0) is 0 Å². The molecule has 0 spiro atoms. The van der Waals surface area contributed by atoms with E-state index in [4.69, 9.17) is 4.42 Å². The highest BCUT2D eigenvalue weighted by Crippen LogP contribution is 2.34. The average Bonchev–Trinajstić information content (AvgIpc) is 3.14. The summed E-state index contributed by atoms with van der Waals surface area (Å²) in [6.45, 7) is 0. The normalized spacial score (nSPS) is 16.1. The van der Waals surface area contributed by atoms with Crippen LogP contribution in [0.5, 0.6) is 0 Å². The first-order valence-electron chi connectivity index (χ1n) is 7.77. The Hall–Kier alpha value is -3.65. The molecule has 1 aromatic heterocycles. The Kier molecular flexibility index (Phi) is 3.67. The molecule has 0 aliphatic carbocycles. The van der Waals surface area contributed by atoms with Gasteiger partial charge in [-0.3, -0.25) is 20.1 Å². The minimum atomic E-state index is -0.871. The first-order chi connectivity index (χ1) is 12.5. The van der Waals surface area contributed by atoms with Crippen molar-refractivity contribution in [1.29, 1.82) is 0 Å². The van der Waals surface area contributed by atoms with Gasteiger partial charge < -0.3 is 9.73 Å². The number of para-hydroxylation sites is 1. The van der Waals surface area contributed by atoms with Gasteiger partial charge in [-0.15, -0.1) is 0 Å². The molecule has 0 radical (unpaired) electrons. The molecule has 3 aromatic rings. The summed E-state index contributed by atoms with van der Waals surface area (Å²) < 4.78 is 5.76. The van der Waals surface area contributed by atoms with Gasteiger partial charge in [0.15, 0.2) is 6.17 Å². The maximum absolute atomic E-state index is 12.3. The largest absolute Gasteiger partial charge is 0.457 e. The summed E-state index contributed by atoms with van der Waals surface area (Å²) >= 11 is 0. The molecule has 26 heavy (non-hydrogen) atoms. The number of nitrogens with zero attached hydrogens (tertiary/aromatic N) is 2. The second-order valence-electron chi connectivity index (χ2n) is 5.75. The predicted octanol–water partition coefficient (Wildman–Crippen LogP) is 3.81. The lowest BCUT2D eigenvalue weighted by atomic mass is 10.1. The number of hydroxylamine groups is 2. The van der Waals surface area contributed by atoms with Crippen LogP contribution < -0.4 is 5.32 Å². The fraction of sp³-hybridized carbons (Fsp3) is 0.0556. The Morgan fingerprint density at radius 1 is 1.08 bits per heavy atom. The third-order valence-corrected chi connectivity index (χ3v) is 4.16. The summed E-state index contributed by atoms with van der Waals surface area (Å²) in [5.74, 6) is 0.276. The number of nitrogens with one attached hydrogen (secondary N) is 1. The fourth-order valence-corrected chi connectivity index (χ4v) is 2.84. The van der Waals surface area contributed by atoms with Gasteiger partial charge in [0.1, 0.15) is 11.5 Å². The quantitative estimate of drug-likeness (QED) is 0.422. The standard InChI is InChI=1S/C18H13N3O5/c22-18-13-3-1-2-4-14(13)19-17(20(18)23)16-10-9-15(26-16)11-5-7-12(8-6-11)21(24)25/h1-10,17,19,23H/t17-/m1/s1. The van der Waals surface area contributed by atoms with E-state index in [1.54, 1.807) is 48.5 Å². The molecular weight excluding hydrogens is 338 g/mol. The van der Waals surface area contributed by atoms with Crippen molar-refractivity contribution >= 4 is 17.3 Å². The van der Waals surface area contributed by atoms with Gasteiger partial charge in [-0.25, -0.2) is 0 Å². The maximum atomic E-state index is 12.3. The molecule has 8 nitrogen and oxygen atoms in total. The van der Waals surface area contributed by atoms with Crippen molar-refractivity contribution in [1.82, 2.24) is 5.06 Å². The summed E-state index contributed by atoms with van der Waals surface area (Å²) in [6, 6.07) is 16.1. The Balaban J connectivity index is 1.64. The molecule has 0 bridgehead atoms. The lowest BCUT2D eigenvalue weighted by Gasteiger charge is -2.31. The smallest absolute Gasteiger partial charge is 0.281 e. The average molecular weight is 351 g/mol. The lowest BCUT2D eigenvalue weighted by molar-refractivity contribution is -0.384. The number of benzene rings is 2. The van der Waals surface area contributed by atoms with Gasteiger partial charge in [-0.1, -0.05) is 12.1 Å². The maximum Gasteiger partial charge on any atom is 0.281 e. The van der Waals surface area contributed by atoms with Crippen LogP contribution in [0, 0.1) is 10.1 Å². The van der Waals surface area contributed by atoms with Crippen LogP contribution in [0.15, 0.2) is 65.1 Å². The van der Waals surface area contributed by atoms with Crippen molar-refractivity contribution in [3.05, 3.63) is 82.1 Å². The number of fused-ring (bicyclic) bond motifs is 1. The number of anilines is 1. The molecule has 0 unspecified atom stereocenters. The SMILES string of the molecule is O=C1c2ccccc2N[C@@H](c2ccc(-c3ccc([N+](=O)[O-])cc3)o2)N1O. The van der Waals surface area contributed by atoms with Gasteiger partial charge in [0.05, 0.1) is 10.5 Å². The lowest BCUT2D eigenvalue weighted by Crippen LogP contribution is -2.40. The molecule has 8 heteroatoms. The Bertz CT molecular complexity index is 996. The molecule has 1 amide bonds. The highest BCUT2D eigenvalue weighted by Gasteiger charge is 2.34. The molecular formula is C18H13N3O5. The van der Waals surface area contributed by atoms with Gasteiger partial charge in [0.25, 0.3) is 11.6 Å². The number of carbonyl (C=O) groups excluding carboxylic acids is 1. The number of non-ortho nitro benzene ring substituents is 1. The molecule has 1 aliphatic heterocycles. The number of hydrogen-bond acceptors (Lipinski definition) is 6. The van der Waals surface area contributed by atoms with Gasteiger partial charge in [0, 0.05) is 23.4 Å². The van der Waals surface area contributed by atoms with Gasteiger partial charge in [0.2, 0.25) is 0 Å². The molecule has 4 rings (SSSR count). The van der Waals surface area contributed by atoms with Crippen molar-refractivity contribution in [2.75, 3.05) is 5.32 Å². The number of carbonyl (C=O) groups is 1. The monoisotopic (exact) mass is 351 g/mol. The van der Waals surface area contributed by atoms with Crippen LogP contribution in [0.4, 0.5) is 11.4 Å². The van der Waals surface area contributed by atoms with Crippen LogP contribution in [0.1, 0.15) is 22.3 Å². The second kappa shape index (κ2) is 6.01. The van der Waals surface area contributed by atoms with Gasteiger partial charge >= 0.3 is 0 Å². The van der Waals surface area contributed by atoms with E-state index in [1.165, 1.54) is 12.1 Å². The summed E-state index contributed by atoms with van der Waals surface area (Å²) in [5.41, 5.74) is 1.60. The van der Waals surface area contributed by atoms with Crippen molar-refractivity contribution in [2.45, 2.75) is 6.17 Å². The first-order valence-corrected chi connectivity index (χ1v) is 7.77. The highest BCUT2D eigenvalue weighted by molar-refractivity contribution is 6.00. The molecule has 2 aromatic carbocycles. The van der Waals surface area contributed by atoms with Gasteiger partial charge in [-0.05, 0) is 36.4 Å². The molecule has 2 N–H and O–H groups in total. The topological polar surface area (TPSA) is 109 Å². The van der Waals surface area contributed by atoms with E-state index in [9.17, 15) is 20.1 Å². The van der Waals surface area contributed by atoms with Gasteiger partial charge in [-0.2, -0.15) is 5.06 Å². The first kappa shape index (κ1) is 15.9. The van der Waals surface area contributed by atoms with Crippen LogP contribution >= 0.6 is 0 Å². The van der Waals surface area contributed by atoms with E-state index in [2.05, 4.69) is 5.32 Å². The third-order valence-electron chi connectivity index (χ3n) is 4.16. The van der Waals surface area contributed by atoms with E-state index >= 15 is 0 Å². The summed E-state index contributed by atoms with van der Waals surface area (Å²) in [4.78, 5) is 22.6. The molecule has 0 fully saturated rings. The molecule has 0 saturated carbocycles. The molecule has 1 aliphatic rings. The minimum absolute atomic E-state index is 0.0155. The van der Waals surface area contributed by atoms with Crippen LogP contribution in [0.25, 0.3) is 11.3 Å². The van der Waals surface area contributed by atoms with Crippen molar-refractivity contribution in [3.63, 3.8) is 0 Å². The summed E-state index contributed by atoms with van der Waals surface area (Å²) in [5, 5.41) is 24.6. The zero-order chi connectivity index (χ0) is 18.3. The van der Waals surface area contributed by atoms with Crippen LogP contribution in [0.3, 0.4) is 0 Å². The van der Waals surface area contributed by atoms with E-state index in [0.717, 1.165) is 0 Å². The molecule has 130 valence electrons. The number of nitro benzene ring substituents is 1. The second-order valence-corrected chi connectivity index (χ2v) is 5.75. The van der Waals surface area contributed by atoms with E-state index in [1.807, 2.05) is 0 Å². The Morgan fingerprint density at radius 3 is 2.54 bits per heavy atom. The highest BCUT2D eigenvalue weighted by atomic mass is 16.6. The van der Waals surface area contributed by atoms with E-state index in [0.29, 0.717) is 33.4 Å². The van der Waals surface area contributed by atoms with Crippen molar-refractivity contribution < 1.29 is 19.3 Å². The number of rotatable bonds is 3. The molecule has 0 saturated heterocycles. The van der Waals surface area contributed by atoms with E-state index in [-0.39, 0.29) is 5.69 Å². The molecule has 1 atom stereocenters. The van der Waals surface area contributed by atoms with Crippen LogP contribution in [-0.4, -0.2) is 21.1 Å². The number of amides is 1. The zero-order valence-corrected chi connectivity index (χ0v) is 13.3. The Morgan fingerprint density at radius 2 is 1.81 bits per heavy atom. The summed E-state index contributed by atoms with van der Waals surface area (Å²) in [7, 11) is 0. The number of hydrogen-bond donors (Lipinski definition) is 2. The molecule has 2 heterocycles.